The summed E-state index contributed by atoms with van der Waals surface area (Å²) in [7, 11) is 2.74. The van der Waals surface area contributed by atoms with Crippen LogP contribution in [0.3, 0.4) is 0 Å². The molecule has 3 aromatic heterocycles. The van der Waals surface area contributed by atoms with E-state index in [0.29, 0.717) is 30.5 Å². The van der Waals surface area contributed by atoms with Gasteiger partial charge in [-0.05, 0) is 67.9 Å². The fraction of sp³-hybridized carbons (Fsp3) is 0.388. The molecule has 0 aliphatic carbocycles. The van der Waals surface area contributed by atoms with Crippen LogP contribution in [0.15, 0.2) is 85.2 Å². The standard InChI is InChI=1S/C49H55N9O7/c1-27(2)41(54-48(61)64-6)45(59)56-20-10-14-37(56)43-50-25-34(52-43)30-17-19-36-32(22-30)23-39-33-18-16-31(24-40(33)65-47(58(36)39)29-12-8-7-9-13-29)35-26-51-44(53-35)38-15-11-21-57(38)46(60)42(28(3)4)55(5)49(62)63/h7-9,12-13,16-19,22-28,37-38,41-42,47H,10-11,14-15,20-21H2,1-6H3,(H,50,52)(H,51,53)(H,54,61)(H,62,63)/t37-,38-,41-,42-,47?/m0/s1. The number of likely N-dealkylation sites (tertiary alicyclic amines) is 2. The van der Waals surface area contributed by atoms with Gasteiger partial charge in [-0.1, -0.05) is 70.2 Å². The Hall–Kier alpha value is -7.10. The zero-order chi connectivity index (χ0) is 45.7. The van der Waals surface area contributed by atoms with E-state index in [0.717, 1.165) is 80.8 Å². The number of ether oxygens (including phenoxy) is 2. The molecule has 9 rings (SSSR count). The number of carbonyl (C=O) groups is 4. The highest BCUT2D eigenvalue weighted by Crippen LogP contribution is 2.46. The number of methoxy groups -OCH3 is 1. The first-order valence-electron chi connectivity index (χ1n) is 22.4. The lowest BCUT2D eigenvalue weighted by Crippen LogP contribution is -2.51. The summed E-state index contributed by atoms with van der Waals surface area (Å²) in [6.07, 6.45) is 4.45. The van der Waals surface area contributed by atoms with Crippen LogP contribution >= 0.6 is 0 Å². The Kier molecular flexibility index (Phi) is 11.6. The number of aromatic nitrogens is 5. The van der Waals surface area contributed by atoms with E-state index in [9.17, 15) is 24.3 Å². The normalized spacial score (nSPS) is 18.9. The molecule has 6 heterocycles. The van der Waals surface area contributed by atoms with Crippen LogP contribution in [0.1, 0.15) is 88.9 Å². The van der Waals surface area contributed by atoms with E-state index in [2.05, 4.69) is 62.3 Å². The van der Waals surface area contributed by atoms with Gasteiger partial charge in [0.2, 0.25) is 18.0 Å². The number of hydrogen-bond donors (Lipinski definition) is 4. The maximum atomic E-state index is 13.8. The minimum absolute atomic E-state index is 0.131. The molecule has 16 heteroatoms. The van der Waals surface area contributed by atoms with Gasteiger partial charge in [-0.3, -0.25) is 14.5 Å². The average Bonchev–Trinajstić information content (AvgIpc) is 4.16. The van der Waals surface area contributed by atoms with Gasteiger partial charge >= 0.3 is 12.2 Å². The summed E-state index contributed by atoms with van der Waals surface area (Å²) in [5.74, 6) is 1.38. The monoisotopic (exact) mass is 881 g/mol. The van der Waals surface area contributed by atoms with Crippen molar-refractivity contribution in [3.8, 4) is 39.5 Å². The van der Waals surface area contributed by atoms with Gasteiger partial charge in [0.05, 0.1) is 54.2 Å². The van der Waals surface area contributed by atoms with Crippen molar-refractivity contribution >= 4 is 34.9 Å². The van der Waals surface area contributed by atoms with Crippen molar-refractivity contribution in [1.29, 1.82) is 0 Å². The number of carbonyl (C=O) groups excluding carboxylic acids is 3. The molecule has 0 saturated carbocycles. The Morgan fingerprint density at radius 1 is 0.815 bits per heavy atom. The predicted octanol–water partition coefficient (Wildman–Crippen LogP) is 8.37. The topological polar surface area (TPSA) is 191 Å². The summed E-state index contributed by atoms with van der Waals surface area (Å²) >= 11 is 0. The van der Waals surface area contributed by atoms with Crippen molar-refractivity contribution < 1.29 is 33.8 Å². The molecule has 4 N–H and O–H groups in total. The first kappa shape index (κ1) is 43.2. The number of alkyl carbamates (subject to hydrolysis) is 1. The van der Waals surface area contributed by atoms with E-state index in [4.69, 9.17) is 19.4 Å². The van der Waals surface area contributed by atoms with Crippen molar-refractivity contribution in [3.63, 3.8) is 0 Å². The Morgan fingerprint density at radius 3 is 2.03 bits per heavy atom. The third-order valence-electron chi connectivity index (χ3n) is 13.2. The summed E-state index contributed by atoms with van der Waals surface area (Å²) in [5.41, 5.74) is 7.36. The number of fused-ring (bicyclic) bond motifs is 5. The first-order valence-corrected chi connectivity index (χ1v) is 22.4. The predicted molar refractivity (Wildman–Crippen MR) is 244 cm³/mol. The third-order valence-corrected chi connectivity index (χ3v) is 13.2. The van der Waals surface area contributed by atoms with Crippen LogP contribution in [0.25, 0.3) is 44.7 Å². The lowest BCUT2D eigenvalue weighted by molar-refractivity contribution is -0.138. The number of hydrogen-bond acceptors (Lipinski definition) is 8. The molecule has 5 atom stereocenters. The van der Waals surface area contributed by atoms with Gasteiger partial charge in [0.15, 0.2) is 0 Å². The van der Waals surface area contributed by atoms with Crippen molar-refractivity contribution in [2.45, 2.75) is 83.8 Å². The molecule has 65 heavy (non-hydrogen) atoms. The van der Waals surface area contributed by atoms with Crippen LogP contribution in [-0.2, 0) is 14.3 Å². The van der Waals surface area contributed by atoms with Crippen LogP contribution in [0, 0.1) is 11.8 Å². The van der Waals surface area contributed by atoms with Gasteiger partial charge in [-0.15, -0.1) is 0 Å². The summed E-state index contributed by atoms with van der Waals surface area (Å²) in [5, 5.41) is 13.4. The number of nitrogens with zero attached hydrogens (tertiary/aromatic N) is 6. The number of imidazole rings is 2. The molecule has 3 aliphatic rings. The molecule has 3 aliphatic heterocycles. The SMILES string of the molecule is COC(=O)N[C@H](C(=O)N1CCC[C@H]1c1ncc(-c2ccc3c(c2)cc2n3C(c3ccccc3)Oc3cc(-c4cnc([C@@H]5CCCN5C(=O)[C@H](C(C)C)N(C)C(=O)O)[nH]4)ccc3-2)[nH]1)C(C)C. The maximum Gasteiger partial charge on any atom is 0.407 e. The fourth-order valence-corrected chi connectivity index (χ4v) is 9.87. The number of nitrogens with one attached hydrogen (secondary N) is 3. The summed E-state index contributed by atoms with van der Waals surface area (Å²) in [4.78, 5) is 72.8. The van der Waals surface area contributed by atoms with Gasteiger partial charge < -0.3 is 44.2 Å². The number of aromatic amines is 2. The Bertz CT molecular complexity index is 2760. The molecular formula is C49H55N9O7. The molecule has 0 bridgehead atoms. The third kappa shape index (κ3) is 7.95. The Labute approximate surface area is 376 Å². The van der Waals surface area contributed by atoms with E-state index in [1.807, 2.05) is 69.1 Å². The molecule has 0 spiro atoms. The van der Waals surface area contributed by atoms with Gasteiger partial charge in [0, 0.05) is 47.8 Å². The molecule has 4 amide bonds. The maximum absolute atomic E-state index is 13.8. The van der Waals surface area contributed by atoms with Gasteiger partial charge in [0.25, 0.3) is 0 Å². The van der Waals surface area contributed by atoms with Crippen LogP contribution in [0.5, 0.6) is 5.75 Å². The van der Waals surface area contributed by atoms with Crippen molar-refractivity contribution in [2.75, 3.05) is 27.2 Å². The minimum Gasteiger partial charge on any atom is -0.465 e. The molecule has 1 unspecified atom stereocenters. The van der Waals surface area contributed by atoms with Crippen molar-refractivity contribution in [3.05, 3.63) is 102 Å². The number of rotatable bonds is 11. The summed E-state index contributed by atoms with van der Waals surface area (Å²) in [6.45, 7) is 8.63. The van der Waals surface area contributed by atoms with E-state index >= 15 is 0 Å². The molecule has 6 aromatic rings. The Balaban J connectivity index is 1.01. The number of likely N-dealkylation sites (N-methyl/N-ethyl adjacent to an activating group) is 1. The lowest BCUT2D eigenvalue weighted by Gasteiger charge is -2.33. The second-order valence-electron chi connectivity index (χ2n) is 17.9. The number of amides is 4. The van der Waals surface area contributed by atoms with Crippen LogP contribution in [-0.4, -0.2) is 108 Å². The van der Waals surface area contributed by atoms with Crippen molar-refractivity contribution in [2.24, 2.45) is 11.8 Å². The summed E-state index contributed by atoms with van der Waals surface area (Å²) in [6, 6.07) is 22.7. The Morgan fingerprint density at radius 2 is 1.43 bits per heavy atom. The highest BCUT2D eigenvalue weighted by Gasteiger charge is 2.40. The molecule has 16 nitrogen and oxygen atoms in total. The molecule has 338 valence electrons. The van der Waals surface area contributed by atoms with Crippen molar-refractivity contribution in [1.82, 2.24) is 44.5 Å². The zero-order valence-electron chi connectivity index (χ0n) is 37.4. The fourth-order valence-electron chi connectivity index (χ4n) is 9.87. The molecule has 2 fully saturated rings. The number of carboxylic acid groups (broad SMARTS) is 1. The zero-order valence-corrected chi connectivity index (χ0v) is 37.4. The minimum atomic E-state index is -1.14. The largest absolute Gasteiger partial charge is 0.465 e. The molecule has 2 saturated heterocycles. The molecular weight excluding hydrogens is 827 g/mol. The summed E-state index contributed by atoms with van der Waals surface area (Å²) < 4.78 is 14.0. The number of benzene rings is 3. The molecule has 3 aromatic carbocycles. The van der Waals surface area contributed by atoms with Gasteiger partial charge in [-0.25, -0.2) is 19.6 Å². The quantitative estimate of drug-likeness (QED) is 0.0990. The molecule has 0 radical (unpaired) electrons. The number of H-pyrrole nitrogens is 2. The average molecular weight is 882 g/mol. The van der Waals surface area contributed by atoms with Crippen LogP contribution in [0.4, 0.5) is 9.59 Å². The van der Waals surface area contributed by atoms with Gasteiger partial charge in [-0.2, -0.15) is 0 Å². The van der Waals surface area contributed by atoms with E-state index in [1.54, 1.807) is 11.1 Å². The van der Waals surface area contributed by atoms with E-state index < -0.39 is 30.5 Å². The highest BCUT2D eigenvalue weighted by molar-refractivity contribution is 5.93. The van der Waals surface area contributed by atoms with Gasteiger partial charge in [0.1, 0.15) is 29.5 Å². The second-order valence-corrected chi connectivity index (χ2v) is 17.9. The van der Waals surface area contributed by atoms with Crippen LogP contribution < -0.4 is 10.1 Å². The smallest absolute Gasteiger partial charge is 0.407 e. The first-order chi connectivity index (χ1) is 31.3. The van der Waals surface area contributed by atoms with E-state index in [1.165, 1.54) is 14.2 Å². The van der Waals surface area contributed by atoms with E-state index in [-0.39, 0.29) is 35.7 Å². The lowest BCUT2D eigenvalue weighted by atomic mass is 10.0. The highest BCUT2D eigenvalue weighted by atomic mass is 16.5. The second kappa shape index (κ2) is 17.5. The van der Waals surface area contributed by atoms with Crippen LogP contribution in [0.2, 0.25) is 0 Å².